The minimum atomic E-state index is -0.214. The zero-order valence-corrected chi connectivity index (χ0v) is 54.5. The van der Waals surface area contributed by atoms with E-state index in [1.807, 2.05) is 0 Å². The highest BCUT2D eigenvalue weighted by atomic mass is 15.1. The number of hydrogen-bond acceptors (Lipinski definition) is 1. The van der Waals surface area contributed by atoms with Gasteiger partial charge >= 0.3 is 0 Å². The van der Waals surface area contributed by atoms with Crippen LogP contribution < -0.4 is 4.90 Å². The van der Waals surface area contributed by atoms with Crippen molar-refractivity contribution in [3.8, 4) is 66.8 Å². The standard InChI is InChI=1S/C83H89N/c1-48-66(49-22-30-58-60-32-24-51(76(2,3)4)40-70(60)80(14,15)68(58)38-49)44-57(45-67(48)50-23-31-59-61-33-25-52(77(5,6)7)41-71(61)81(16,17)69(59)39-50)84(55-28-36-64-62-34-26-53(78(8,9)10)42-72(62)82(18,19)74(64)46-55)56-29-37-65-63-35-27-54(79(11,12)13)43-73(63)83(20,21)75(65)47-56/h22-47H,1-21H3. The summed E-state index contributed by atoms with van der Waals surface area (Å²) in [5.41, 5.74) is 36.6. The minimum absolute atomic E-state index is 0.0424. The van der Waals surface area contributed by atoms with Crippen LogP contribution in [-0.2, 0) is 43.3 Å². The van der Waals surface area contributed by atoms with E-state index in [9.17, 15) is 0 Å². The first-order chi connectivity index (χ1) is 39.1. The van der Waals surface area contributed by atoms with Crippen LogP contribution in [0.4, 0.5) is 17.1 Å². The predicted molar refractivity (Wildman–Crippen MR) is 362 cm³/mol. The van der Waals surface area contributed by atoms with Crippen LogP contribution in [0, 0.1) is 6.92 Å². The molecular weight excluding hydrogens is 1010 g/mol. The maximum atomic E-state index is 2.61. The van der Waals surface area contributed by atoms with Crippen molar-refractivity contribution in [1.82, 2.24) is 0 Å². The molecule has 0 bridgehead atoms. The molecule has 0 saturated heterocycles. The van der Waals surface area contributed by atoms with Crippen LogP contribution in [0.5, 0.6) is 0 Å². The molecule has 1 nitrogen and oxygen atoms in total. The smallest absolute Gasteiger partial charge is 0.0474 e. The fourth-order valence-electron chi connectivity index (χ4n) is 15.3. The highest BCUT2D eigenvalue weighted by molar-refractivity contribution is 5.94. The van der Waals surface area contributed by atoms with Crippen LogP contribution >= 0.6 is 0 Å². The third-order valence-electron chi connectivity index (χ3n) is 20.9. The Labute approximate surface area is 504 Å². The third-order valence-corrected chi connectivity index (χ3v) is 20.9. The minimum Gasteiger partial charge on any atom is -0.310 e. The normalized spacial score (nSPS) is 16.3. The van der Waals surface area contributed by atoms with E-state index in [0.29, 0.717) is 0 Å². The van der Waals surface area contributed by atoms with Crippen molar-refractivity contribution < 1.29 is 0 Å². The molecule has 0 aromatic heterocycles. The van der Waals surface area contributed by atoms with E-state index in [1.54, 1.807) is 0 Å². The van der Waals surface area contributed by atoms with Crippen molar-refractivity contribution in [2.45, 2.75) is 189 Å². The fraction of sp³-hybridized carbons (Fsp3) is 0.349. The second kappa shape index (κ2) is 17.9. The second-order valence-corrected chi connectivity index (χ2v) is 32.0. The van der Waals surface area contributed by atoms with E-state index in [4.69, 9.17) is 0 Å². The average Bonchev–Trinajstić information content (AvgIpc) is 2.01. The van der Waals surface area contributed by atoms with Crippen LogP contribution in [0.1, 0.15) is 211 Å². The lowest BCUT2D eigenvalue weighted by Crippen LogP contribution is -2.19. The molecule has 0 radical (unpaired) electrons. The molecule has 0 N–H and O–H groups in total. The maximum absolute atomic E-state index is 2.61. The molecule has 0 heterocycles. The summed E-state index contributed by atoms with van der Waals surface area (Å²) in [4.78, 5) is 2.61. The number of hydrogen-bond donors (Lipinski definition) is 0. The first-order valence-electron chi connectivity index (χ1n) is 31.2. The van der Waals surface area contributed by atoms with Gasteiger partial charge in [-0.05, 0) is 216 Å². The molecule has 0 unspecified atom stereocenters. The maximum Gasteiger partial charge on any atom is 0.0474 e. The summed E-state index contributed by atoms with van der Waals surface area (Å²) in [6.07, 6.45) is 0. The Morgan fingerprint density at radius 2 is 0.464 bits per heavy atom. The summed E-state index contributed by atoms with van der Waals surface area (Å²) in [6.45, 7) is 49.9. The zero-order valence-electron chi connectivity index (χ0n) is 54.5. The van der Waals surface area contributed by atoms with Crippen molar-refractivity contribution >= 4 is 17.1 Å². The fourth-order valence-corrected chi connectivity index (χ4v) is 15.3. The molecular formula is C83H89N. The highest BCUT2D eigenvalue weighted by Crippen LogP contribution is 2.57. The van der Waals surface area contributed by atoms with Gasteiger partial charge in [-0.1, -0.05) is 248 Å². The number of anilines is 3. The van der Waals surface area contributed by atoms with Crippen LogP contribution in [0.25, 0.3) is 66.8 Å². The van der Waals surface area contributed by atoms with Gasteiger partial charge in [-0.2, -0.15) is 0 Å². The molecule has 13 rings (SSSR count). The molecule has 0 aliphatic heterocycles. The summed E-state index contributed by atoms with van der Waals surface area (Å²) in [5, 5.41) is 0. The van der Waals surface area contributed by atoms with Crippen LogP contribution in [0.15, 0.2) is 158 Å². The second-order valence-electron chi connectivity index (χ2n) is 32.0. The van der Waals surface area contributed by atoms with Gasteiger partial charge in [0.15, 0.2) is 0 Å². The van der Waals surface area contributed by atoms with Gasteiger partial charge in [0.2, 0.25) is 0 Å². The monoisotopic (exact) mass is 1100 g/mol. The number of nitrogens with zero attached hydrogens (tertiary/aromatic N) is 1. The molecule has 0 atom stereocenters. The van der Waals surface area contributed by atoms with Crippen molar-refractivity contribution in [1.29, 1.82) is 0 Å². The molecule has 0 amide bonds. The Kier molecular flexibility index (Phi) is 11.9. The molecule has 0 spiro atoms. The number of fused-ring (bicyclic) bond motifs is 12. The predicted octanol–water partition coefficient (Wildman–Crippen LogP) is 23.2. The summed E-state index contributed by atoms with van der Waals surface area (Å²) in [5.74, 6) is 0. The molecule has 1 heteroatoms. The van der Waals surface area contributed by atoms with Gasteiger partial charge in [0.05, 0.1) is 0 Å². The van der Waals surface area contributed by atoms with Gasteiger partial charge in [0.25, 0.3) is 0 Å². The molecule has 9 aromatic carbocycles. The summed E-state index contributed by atoms with van der Waals surface area (Å²) >= 11 is 0. The third kappa shape index (κ3) is 8.35. The van der Waals surface area contributed by atoms with Gasteiger partial charge in [0, 0.05) is 38.7 Å². The molecule has 4 aliphatic rings. The van der Waals surface area contributed by atoms with Crippen LogP contribution in [-0.4, -0.2) is 0 Å². The first kappa shape index (κ1) is 55.9. The van der Waals surface area contributed by atoms with Gasteiger partial charge in [-0.3, -0.25) is 0 Å². The van der Waals surface area contributed by atoms with Gasteiger partial charge < -0.3 is 4.90 Å². The van der Waals surface area contributed by atoms with Crippen molar-refractivity contribution in [3.05, 3.63) is 230 Å². The Balaban J connectivity index is 1.05. The SMILES string of the molecule is Cc1c(-c2ccc3c(c2)C(C)(C)c2cc(C(C)(C)C)ccc2-3)cc(N(c2ccc3c(c2)C(C)(C)c2cc(C(C)(C)C)ccc2-3)c2ccc3c(c2)C(C)(C)c2cc(C(C)(C)C)ccc2-3)cc1-c1ccc2c(c1)C(C)(C)c1cc(C(C)(C)C)ccc1-2. The lowest BCUT2D eigenvalue weighted by atomic mass is 9.78. The molecule has 0 saturated carbocycles. The molecule has 4 aliphatic carbocycles. The molecule has 0 fully saturated rings. The lowest BCUT2D eigenvalue weighted by molar-refractivity contribution is 0.584. The van der Waals surface area contributed by atoms with Gasteiger partial charge in [0.1, 0.15) is 0 Å². The number of rotatable bonds is 5. The van der Waals surface area contributed by atoms with Crippen molar-refractivity contribution in [3.63, 3.8) is 0 Å². The Morgan fingerprint density at radius 3 is 0.726 bits per heavy atom. The molecule has 9 aromatic rings. The molecule has 84 heavy (non-hydrogen) atoms. The van der Waals surface area contributed by atoms with E-state index in [-0.39, 0.29) is 43.3 Å². The molecule has 426 valence electrons. The summed E-state index contributed by atoms with van der Waals surface area (Å²) < 4.78 is 0. The van der Waals surface area contributed by atoms with Gasteiger partial charge in [-0.15, -0.1) is 0 Å². The quantitative estimate of drug-likeness (QED) is 0.166. The Hall–Kier alpha value is -7.22. The summed E-state index contributed by atoms with van der Waals surface area (Å²) in [7, 11) is 0. The average molecular weight is 1100 g/mol. The van der Waals surface area contributed by atoms with E-state index >= 15 is 0 Å². The topological polar surface area (TPSA) is 3.24 Å². The van der Waals surface area contributed by atoms with Crippen molar-refractivity contribution in [2.24, 2.45) is 0 Å². The van der Waals surface area contributed by atoms with E-state index in [1.165, 1.54) is 139 Å². The number of benzene rings is 9. The first-order valence-corrected chi connectivity index (χ1v) is 31.2. The van der Waals surface area contributed by atoms with E-state index in [2.05, 4.69) is 308 Å². The summed E-state index contributed by atoms with van der Waals surface area (Å²) in [6, 6.07) is 63.6. The largest absolute Gasteiger partial charge is 0.310 e. The lowest BCUT2D eigenvalue weighted by Gasteiger charge is -2.31. The Bertz CT molecular complexity index is 4010. The highest BCUT2D eigenvalue weighted by Gasteiger charge is 2.42. The van der Waals surface area contributed by atoms with E-state index in [0.717, 1.165) is 17.1 Å². The van der Waals surface area contributed by atoms with Gasteiger partial charge in [-0.25, -0.2) is 0 Å². The van der Waals surface area contributed by atoms with Crippen LogP contribution in [0.3, 0.4) is 0 Å². The van der Waals surface area contributed by atoms with Crippen LogP contribution in [0.2, 0.25) is 0 Å². The van der Waals surface area contributed by atoms with E-state index < -0.39 is 0 Å². The Morgan fingerprint density at radius 1 is 0.238 bits per heavy atom. The van der Waals surface area contributed by atoms with Crippen molar-refractivity contribution in [2.75, 3.05) is 4.90 Å². The zero-order chi connectivity index (χ0) is 60.1.